The maximum Gasteiger partial charge on any atom is 0.124 e. The maximum atomic E-state index is 7.68. The Kier molecular flexibility index (Phi) is 4.26. The van der Waals surface area contributed by atoms with Crippen LogP contribution in [0.25, 0.3) is 0 Å². The summed E-state index contributed by atoms with van der Waals surface area (Å²) in [7, 11) is 0. The maximum absolute atomic E-state index is 7.68. The minimum Gasteiger partial charge on any atom is -0.313 e. The molecule has 1 fully saturated rings. The van der Waals surface area contributed by atoms with E-state index in [1.165, 1.54) is 19.3 Å². The second kappa shape index (κ2) is 5.25. The molecular formula is C11H21N3. The lowest BCUT2D eigenvalue weighted by Gasteiger charge is -2.29. The highest BCUT2D eigenvalue weighted by Gasteiger charge is 2.22. The molecule has 0 radical (unpaired) electrons. The first-order valence-corrected chi connectivity index (χ1v) is 5.43. The van der Waals surface area contributed by atoms with Crippen molar-refractivity contribution in [1.29, 1.82) is 5.41 Å². The van der Waals surface area contributed by atoms with Gasteiger partial charge in [-0.2, -0.15) is 0 Å². The van der Waals surface area contributed by atoms with E-state index >= 15 is 0 Å². The first-order valence-electron chi connectivity index (χ1n) is 5.43. The number of hydrogen-bond donors (Lipinski definition) is 2. The van der Waals surface area contributed by atoms with Crippen molar-refractivity contribution in [3.8, 4) is 0 Å². The van der Waals surface area contributed by atoms with E-state index < -0.39 is 0 Å². The van der Waals surface area contributed by atoms with Crippen molar-refractivity contribution in [2.75, 3.05) is 6.54 Å². The number of hydrogen-bond acceptors (Lipinski definition) is 2. The van der Waals surface area contributed by atoms with E-state index in [2.05, 4.69) is 30.9 Å². The highest BCUT2D eigenvalue weighted by Crippen LogP contribution is 2.19. The van der Waals surface area contributed by atoms with Crippen LogP contribution in [0.4, 0.5) is 0 Å². The summed E-state index contributed by atoms with van der Waals surface area (Å²) in [5.74, 6) is 1.10. The predicted molar refractivity (Wildman–Crippen MR) is 61.2 cm³/mol. The Morgan fingerprint density at radius 3 is 2.57 bits per heavy atom. The molecule has 0 saturated heterocycles. The van der Waals surface area contributed by atoms with Gasteiger partial charge in [0.1, 0.15) is 5.84 Å². The molecule has 1 aliphatic rings. The lowest BCUT2D eigenvalue weighted by atomic mass is 9.90. The standard InChI is InChI=1S/C11H21N3/c1-8(2)10(11(12)13-3)7-14-9-5-4-6-9/h8-10,12,14H,3-7H2,1-2H3. The average Bonchev–Trinajstić information content (AvgIpc) is 2.07. The average molecular weight is 195 g/mol. The Hall–Kier alpha value is -0.700. The Balaban J connectivity index is 2.34. The largest absolute Gasteiger partial charge is 0.313 e. The van der Waals surface area contributed by atoms with Crippen molar-refractivity contribution in [2.24, 2.45) is 16.8 Å². The molecule has 1 aliphatic carbocycles. The summed E-state index contributed by atoms with van der Waals surface area (Å²) in [6, 6.07) is 0.689. The third kappa shape index (κ3) is 2.91. The summed E-state index contributed by atoms with van der Waals surface area (Å²) >= 11 is 0. The van der Waals surface area contributed by atoms with Gasteiger partial charge in [0.05, 0.1) is 0 Å². The van der Waals surface area contributed by atoms with Gasteiger partial charge in [0.2, 0.25) is 0 Å². The molecule has 14 heavy (non-hydrogen) atoms. The van der Waals surface area contributed by atoms with Crippen LogP contribution in [0, 0.1) is 17.2 Å². The van der Waals surface area contributed by atoms with Crippen LogP contribution in [0.15, 0.2) is 4.99 Å². The van der Waals surface area contributed by atoms with Gasteiger partial charge in [0.25, 0.3) is 0 Å². The van der Waals surface area contributed by atoms with Crippen molar-refractivity contribution in [1.82, 2.24) is 5.32 Å². The fourth-order valence-electron chi connectivity index (χ4n) is 1.67. The van der Waals surface area contributed by atoms with Crippen LogP contribution >= 0.6 is 0 Å². The van der Waals surface area contributed by atoms with Gasteiger partial charge >= 0.3 is 0 Å². The smallest absolute Gasteiger partial charge is 0.124 e. The summed E-state index contributed by atoms with van der Waals surface area (Å²) < 4.78 is 0. The number of nitrogens with zero attached hydrogens (tertiary/aromatic N) is 1. The highest BCUT2D eigenvalue weighted by molar-refractivity contribution is 5.85. The van der Waals surface area contributed by atoms with Gasteiger partial charge < -0.3 is 5.32 Å². The van der Waals surface area contributed by atoms with Gasteiger partial charge in [-0.05, 0) is 25.5 Å². The van der Waals surface area contributed by atoms with Crippen LogP contribution in [-0.2, 0) is 0 Å². The Morgan fingerprint density at radius 1 is 1.57 bits per heavy atom. The van der Waals surface area contributed by atoms with Crippen molar-refractivity contribution in [3.05, 3.63) is 0 Å². The summed E-state index contributed by atoms with van der Waals surface area (Å²) in [5.41, 5.74) is 0. The number of rotatable bonds is 5. The molecule has 0 bridgehead atoms. The lowest BCUT2D eigenvalue weighted by molar-refractivity contribution is 0.315. The number of nitrogens with one attached hydrogen (secondary N) is 2. The summed E-state index contributed by atoms with van der Waals surface area (Å²) in [5, 5.41) is 11.2. The van der Waals surface area contributed by atoms with E-state index in [9.17, 15) is 0 Å². The SMILES string of the molecule is C=NC(=N)C(CNC1CCC1)C(C)C. The van der Waals surface area contributed by atoms with Gasteiger partial charge in [-0.1, -0.05) is 20.3 Å². The van der Waals surface area contributed by atoms with Gasteiger partial charge in [-0.25, -0.2) is 4.99 Å². The monoisotopic (exact) mass is 195 g/mol. The summed E-state index contributed by atoms with van der Waals surface area (Å²) in [6.45, 7) is 8.56. The second-order valence-electron chi connectivity index (χ2n) is 4.43. The Bertz CT molecular complexity index is 207. The third-order valence-electron chi connectivity index (χ3n) is 3.06. The molecule has 0 aromatic carbocycles. The van der Waals surface area contributed by atoms with Crippen molar-refractivity contribution in [3.63, 3.8) is 0 Å². The molecule has 2 N–H and O–H groups in total. The molecule has 0 aromatic heterocycles. The molecule has 1 atom stereocenters. The number of amidine groups is 1. The molecule has 0 aliphatic heterocycles. The molecule has 0 heterocycles. The minimum atomic E-state index is 0.216. The zero-order chi connectivity index (χ0) is 10.6. The van der Waals surface area contributed by atoms with Gasteiger partial charge in [-0.15, -0.1) is 0 Å². The van der Waals surface area contributed by atoms with E-state index in [4.69, 9.17) is 5.41 Å². The van der Waals surface area contributed by atoms with Crippen LogP contribution in [-0.4, -0.2) is 25.1 Å². The highest BCUT2D eigenvalue weighted by atomic mass is 14.9. The zero-order valence-electron chi connectivity index (χ0n) is 9.21. The summed E-state index contributed by atoms with van der Waals surface area (Å²) in [6.07, 6.45) is 3.93. The second-order valence-corrected chi connectivity index (χ2v) is 4.43. The first-order chi connectivity index (χ1) is 6.65. The van der Waals surface area contributed by atoms with Crippen LogP contribution < -0.4 is 5.32 Å². The number of aliphatic imine (C=N–C) groups is 1. The predicted octanol–water partition coefficient (Wildman–Crippen LogP) is 2.08. The Morgan fingerprint density at radius 2 is 2.21 bits per heavy atom. The quantitative estimate of drug-likeness (QED) is 0.512. The fraction of sp³-hybridized carbons (Fsp3) is 0.818. The molecule has 0 amide bonds. The topological polar surface area (TPSA) is 48.2 Å². The molecule has 0 aromatic rings. The van der Waals surface area contributed by atoms with E-state index in [0.717, 1.165) is 6.54 Å². The third-order valence-corrected chi connectivity index (χ3v) is 3.06. The van der Waals surface area contributed by atoms with E-state index in [-0.39, 0.29) is 5.92 Å². The molecule has 80 valence electrons. The molecule has 3 heteroatoms. The minimum absolute atomic E-state index is 0.216. The molecule has 1 unspecified atom stereocenters. The van der Waals surface area contributed by atoms with E-state index in [1.807, 2.05) is 0 Å². The molecule has 1 rings (SSSR count). The molecule has 1 saturated carbocycles. The fourth-order valence-corrected chi connectivity index (χ4v) is 1.67. The van der Waals surface area contributed by atoms with Gasteiger partial charge in [0.15, 0.2) is 0 Å². The van der Waals surface area contributed by atoms with Gasteiger partial charge in [0, 0.05) is 18.5 Å². The van der Waals surface area contributed by atoms with Crippen LogP contribution in [0.3, 0.4) is 0 Å². The van der Waals surface area contributed by atoms with Crippen molar-refractivity contribution in [2.45, 2.75) is 39.2 Å². The normalized spacial score (nSPS) is 19.1. The first kappa shape index (κ1) is 11.4. The summed E-state index contributed by atoms with van der Waals surface area (Å²) in [4.78, 5) is 3.73. The van der Waals surface area contributed by atoms with Gasteiger partial charge in [-0.3, -0.25) is 5.41 Å². The van der Waals surface area contributed by atoms with E-state index in [0.29, 0.717) is 17.8 Å². The zero-order valence-corrected chi connectivity index (χ0v) is 9.21. The van der Waals surface area contributed by atoms with Crippen molar-refractivity contribution < 1.29 is 0 Å². The van der Waals surface area contributed by atoms with Crippen molar-refractivity contribution >= 4 is 12.6 Å². The van der Waals surface area contributed by atoms with E-state index in [1.54, 1.807) is 0 Å². The molecule has 0 spiro atoms. The molecule has 3 nitrogen and oxygen atoms in total. The Labute approximate surface area is 86.5 Å². The lowest BCUT2D eigenvalue weighted by Crippen LogP contribution is -2.41. The molecular weight excluding hydrogens is 174 g/mol. The van der Waals surface area contributed by atoms with Crippen LogP contribution in [0.5, 0.6) is 0 Å². The van der Waals surface area contributed by atoms with Crippen LogP contribution in [0.1, 0.15) is 33.1 Å². The van der Waals surface area contributed by atoms with Crippen LogP contribution in [0.2, 0.25) is 0 Å².